The lowest BCUT2D eigenvalue weighted by Gasteiger charge is -2.25. The first kappa shape index (κ1) is 14.8. The highest BCUT2D eigenvalue weighted by molar-refractivity contribution is 5.90. The molecule has 0 saturated heterocycles. The van der Waals surface area contributed by atoms with E-state index >= 15 is 0 Å². The highest BCUT2D eigenvalue weighted by atomic mass is 16.4. The number of carbonyl (C=O) groups is 2. The monoisotopic (exact) mass is 290 g/mol. The molecular formula is C14H18N4O3. The van der Waals surface area contributed by atoms with Crippen LogP contribution in [0.2, 0.25) is 0 Å². The molecule has 0 aliphatic heterocycles. The molecule has 112 valence electrons. The third-order valence-electron chi connectivity index (χ3n) is 3.07. The predicted molar refractivity (Wildman–Crippen MR) is 78.3 cm³/mol. The average molecular weight is 290 g/mol. The molecule has 0 spiro atoms. The first-order chi connectivity index (χ1) is 9.85. The second kappa shape index (κ2) is 5.82. The number of nitrogens with one attached hydrogen (secondary N) is 2. The summed E-state index contributed by atoms with van der Waals surface area (Å²) < 4.78 is 1.83. The van der Waals surface area contributed by atoms with Crippen LogP contribution in [0.1, 0.15) is 26.7 Å². The van der Waals surface area contributed by atoms with E-state index in [4.69, 9.17) is 5.11 Å². The van der Waals surface area contributed by atoms with Gasteiger partial charge in [0.1, 0.15) is 5.65 Å². The summed E-state index contributed by atoms with van der Waals surface area (Å²) in [7, 11) is 0. The largest absolute Gasteiger partial charge is 0.481 e. The van der Waals surface area contributed by atoms with Gasteiger partial charge in [0.15, 0.2) is 0 Å². The van der Waals surface area contributed by atoms with Crippen LogP contribution in [0.25, 0.3) is 5.65 Å². The van der Waals surface area contributed by atoms with Crippen molar-refractivity contribution in [2.24, 2.45) is 0 Å². The zero-order valence-corrected chi connectivity index (χ0v) is 12.0. The van der Waals surface area contributed by atoms with Crippen LogP contribution in [0.15, 0.2) is 30.7 Å². The standard InChI is InChI=1S/C14H18N4O3/c1-14(2,5-3-12(19)20)17-13(21)16-10-4-7-18-8-6-15-11(18)9-10/h4,6-9H,3,5H2,1-2H3,(H,19,20)(H2,16,17,21). The van der Waals surface area contributed by atoms with Gasteiger partial charge in [-0.25, -0.2) is 9.78 Å². The minimum absolute atomic E-state index is 0.00726. The quantitative estimate of drug-likeness (QED) is 0.785. The van der Waals surface area contributed by atoms with Gasteiger partial charge in [0, 0.05) is 42.3 Å². The Labute approximate surface area is 122 Å². The van der Waals surface area contributed by atoms with E-state index in [0.717, 1.165) is 5.65 Å². The number of pyridine rings is 1. The van der Waals surface area contributed by atoms with Crippen LogP contribution >= 0.6 is 0 Å². The van der Waals surface area contributed by atoms with Crippen LogP contribution in [-0.4, -0.2) is 32.0 Å². The van der Waals surface area contributed by atoms with E-state index < -0.39 is 11.5 Å². The number of hydrogen-bond acceptors (Lipinski definition) is 3. The molecule has 2 heterocycles. The van der Waals surface area contributed by atoms with E-state index in [-0.39, 0.29) is 12.5 Å². The van der Waals surface area contributed by atoms with E-state index in [1.54, 1.807) is 38.4 Å². The lowest BCUT2D eigenvalue weighted by molar-refractivity contribution is -0.137. The molecule has 0 saturated carbocycles. The average Bonchev–Trinajstić information content (AvgIpc) is 2.83. The van der Waals surface area contributed by atoms with Crippen LogP contribution in [0.4, 0.5) is 10.5 Å². The van der Waals surface area contributed by atoms with Crippen LogP contribution in [0, 0.1) is 0 Å². The number of carboxylic acid groups (broad SMARTS) is 1. The van der Waals surface area contributed by atoms with Crippen molar-refractivity contribution < 1.29 is 14.7 Å². The number of rotatable bonds is 5. The number of urea groups is 1. The molecule has 2 rings (SSSR count). The summed E-state index contributed by atoms with van der Waals surface area (Å²) >= 11 is 0. The van der Waals surface area contributed by atoms with Crippen molar-refractivity contribution in [3.05, 3.63) is 30.7 Å². The number of aromatic nitrogens is 2. The Balaban J connectivity index is 1.95. The summed E-state index contributed by atoms with van der Waals surface area (Å²) in [5, 5.41) is 14.2. The molecule has 0 radical (unpaired) electrons. The van der Waals surface area contributed by atoms with Gasteiger partial charge in [-0.15, -0.1) is 0 Å². The summed E-state index contributed by atoms with van der Waals surface area (Å²) in [5.74, 6) is -0.880. The van der Waals surface area contributed by atoms with Gasteiger partial charge >= 0.3 is 12.0 Å². The molecule has 2 aromatic rings. The first-order valence-electron chi connectivity index (χ1n) is 6.59. The smallest absolute Gasteiger partial charge is 0.319 e. The maximum atomic E-state index is 12.0. The Kier molecular flexibility index (Phi) is 4.11. The molecule has 0 bridgehead atoms. The number of imidazole rings is 1. The Morgan fingerprint density at radius 3 is 2.86 bits per heavy atom. The normalized spacial score (nSPS) is 11.3. The Morgan fingerprint density at radius 1 is 1.38 bits per heavy atom. The van der Waals surface area contributed by atoms with Crippen molar-refractivity contribution in [2.75, 3.05) is 5.32 Å². The highest BCUT2D eigenvalue weighted by Gasteiger charge is 2.21. The summed E-state index contributed by atoms with van der Waals surface area (Å²) in [5.41, 5.74) is 0.762. The fourth-order valence-corrected chi connectivity index (χ4v) is 1.94. The number of carbonyl (C=O) groups excluding carboxylic acids is 1. The second-order valence-electron chi connectivity index (χ2n) is 5.46. The molecule has 2 aromatic heterocycles. The number of hydrogen-bond donors (Lipinski definition) is 3. The Hall–Kier alpha value is -2.57. The van der Waals surface area contributed by atoms with E-state index in [2.05, 4.69) is 15.6 Å². The van der Waals surface area contributed by atoms with Gasteiger partial charge < -0.3 is 20.1 Å². The van der Waals surface area contributed by atoms with Gasteiger partial charge in [0.05, 0.1) is 0 Å². The van der Waals surface area contributed by atoms with Crippen LogP contribution in [0.3, 0.4) is 0 Å². The van der Waals surface area contributed by atoms with E-state index in [9.17, 15) is 9.59 Å². The van der Waals surface area contributed by atoms with Gasteiger partial charge in [-0.2, -0.15) is 0 Å². The minimum Gasteiger partial charge on any atom is -0.481 e. The van der Waals surface area contributed by atoms with Gasteiger partial charge in [0.2, 0.25) is 0 Å². The molecule has 2 amide bonds. The molecule has 7 heteroatoms. The van der Waals surface area contributed by atoms with Crippen molar-refractivity contribution >= 4 is 23.3 Å². The highest BCUT2D eigenvalue weighted by Crippen LogP contribution is 2.13. The Morgan fingerprint density at radius 2 is 2.14 bits per heavy atom. The molecule has 0 aliphatic rings. The molecule has 0 atom stereocenters. The molecule has 0 aromatic carbocycles. The van der Waals surface area contributed by atoms with Crippen molar-refractivity contribution in [1.29, 1.82) is 0 Å². The van der Waals surface area contributed by atoms with E-state index in [0.29, 0.717) is 12.1 Å². The fraction of sp³-hybridized carbons (Fsp3) is 0.357. The minimum atomic E-state index is -0.880. The zero-order chi connectivity index (χ0) is 15.5. The van der Waals surface area contributed by atoms with E-state index in [1.807, 2.05) is 10.6 Å². The lowest BCUT2D eigenvalue weighted by atomic mass is 9.99. The van der Waals surface area contributed by atoms with Gasteiger partial charge in [0.25, 0.3) is 0 Å². The molecule has 0 fully saturated rings. The van der Waals surface area contributed by atoms with E-state index in [1.165, 1.54) is 0 Å². The summed E-state index contributed by atoms with van der Waals surface area (Å²) in [4.78, 5) is 26.7. The topological polar surface area (TPSA) is 95.7 Å². The maximum absolute atomic E-state index is 12.0. The Bertz CT molecular complexity index is 663. The summed E-state index contributed by atoms with van der Waals surface area (Å²) in [6, 6.07) is 3.14. The number of fused-ring (bicyclic) bond motifs is 1. The molecule has 7 nitrogen and oxygen atoms in total. The third kappa shape index (κ3) is 4.20. The number of nitrogens with zero attached hydrogens (tertiary/aromatic N) is 2. The lowest BCUT2D eigenvalue weighted by Crippen LogP contribution is -2.45. The van der Waals surface area contributed by atoms with Crippen molar-refractivity contribution in [2.45, 2.75) is 32.2 Å². The number of amides is 2. The summed E-state index contributed by atoms with van der Waals surface area (Å²) in [6.07, 6.45) is 5.65. The number of aliphatic carboxylic acids is 1. The molecular weight excluding hydrogens is 272 g/mol. The van der Waals surface area contributed by atoms with Crippen molar-refractivity contribution in [3.8, 4) is 0 Å². The first-order valence-corrected chi connectivity index (χ1v) is 6.59. The predicted octanol–water partition coefficient (Wildman–Crippen LogP) is 2.10. The van der Waals surface area contributed by atoms with Crippen molar-refractivity contribution in [3.63, 3.8) is 0 Å². The fourth-order valence-electron chi connectivity index (χ4n) is 1.94. The molecule has 3 N–H and O–H groups in total. The molecule has 21 heavy (non-hydrogen) atoms. The molecule has 0 aliphatic carbocycles. The SMILES string of the molecule is CC(C)(CCC(=O)O)NC(=O)Nc1ccn2ccnc2c1. The van der Waals surface area contributed by atoms with Gasteiger partial charge in [-0.05, 0) is 26.3 Å². The summed E-state index contributed by atoms with van der Waals surface area (Å²) in [6.45, 7) is 3.57. The number of carboxylic acids is 1. The van der Waals surface area contributed by atoms with Crippen LogP contribution in [-0.2, 0) is 4.79 Å². The second-order valence-corrected chi connectivity index (χ2v) is 5.46. The van der Waals surface area contributed by atoms with Crippen LogP contribution in [0.5, 0.6) is 0 Å². The third-order valence-corrected chi connectivity index (χ3v) is 3.07. The van der Waals surface area contributed by atoms with Crippen molar-refractivity contribution in [1.82, 2.24) is 14.7 Å². The maximum Gasteiger partial charge on any atom is 0.319 e. The molecule has 0 unspecified atom stereocenters. The zero-order valence-electron chi connectivity index (χ0n) is 12.0. The van der Waals surface area contributed by atoms with Crippen LogP contribution < -0.4 is 10.6 Å². The van der Waals surface area contributed by atoms with Gasteiger partial charge in [-0.3, -0.25) is 4.79 Å². The number of anilines is 1. The van der Waals surface area contributed by atoms with Gasteiger partial charge in [-0.1, -0.05) is 0 Å².